The van der Waals surface area contributed by atoms with Gasteiger partial charge in [-0.25, -0.2) is 4.98 Å². The Bertz CT molecular complexity index is 782. The van der Waals surface area contributed by atoms with Crippen molar-refractivity contribution in [2.45, 2.75) is 44.3 Å². The number of amides is 1. The number of aromatic nitrogens is 1. The van der Waals surface area contributed by atoms with Crippen molar-refractivity contribution in [3.05, 3.63) is 48.7 Å². The molecule has 5 nitrogen and oxygen atoms in total. The molecular formula is C21H24F3N3O2. The number of halogens is 3. The number of rotatable bonds is 7. The summed E-state index contributed by atoms with van der Waals surface area (Å²) in [6, 6.07) is 12.2. The highest BCUT2D eigenvalue weighted by Gasteiger charge is 2.31. The molecule has 29 heavy (non-hydrogen) atoms. The molecule has 1 fully saturated rings. The maximum atomic E-state index is 12.7. The van der Waals surface area contributed by atoms with Crippen LogP contribution < -0.4 is 10.1 Å². The molecule has 1 aliphatic heterocycles. The molecule has 0 saturated carbocycles. The molecule has 2 heterocycles. The number of hydrogen-bond acceptors (Lipinski definition) is 4. The molecule has 1 amide bonds. The number of hydrogen-bond donors (Lipinski definition) is 1. The molecule has 0 spiro atoms. The van der Waals surface area contributed by atoms with E-state index in [0.717, 1.165) is 12.8 Å². The Balaban J connectivity index is 1.54. The lowest BCUT2D eigenvalue weighted by Gasteiger charge is -2.34. The maximum absolute atomic E-state index is 12.7. The number of ether oxygens (including phenoxy) is 1. The van der Waals surface area contributed by atoms with Crippen molar-refractivity contribution in [1.29, 1.82) is 0 Å². The van der Waals surface area contributed by atoms with Gasteiger partial charge < -0.3 is 10.1 Å². The third-order valence-corrected chi connectivity index (χ3v) is 4.79. The molecule has 1 N–H and O–H groups in total. The van der Waals surface area contributed by atoms with Crippen molar-refractivity contribution in [3.63, 3.8) is 0 Å². The number of alkyl halides is 3. The summed E-state index contributed by atoms with van der Waals surface area (Å²) in [7, 11) is 0. The third-order valence-electron chi connectivity index (χ3n) is 4.79. The molecule has 0 aliphatic carbocycles. The zero-order chi connectivity index (χ0) is 20.7. The summed E-state index contributed by atoms with van der Waals surface area (Å²) < 4.78 is 42.8. The largest absolute Gasteiger partial charge is 0.439 e. The number of benzene rings is 1. The van der Waals surface area contributed by atoms with E-state index in [1.165, 1.54) is 6.20 Å². The summed E-state index contributed by atoms with van der Waals surface area (Å²) in [5.74, 6) is 0.851. The molecule has 1 aliphatic rings. The van der Waals surface area contributed by atoms with Gasteiger partial charge in [0.2, 0.25) is 11.8 Å². The fourth-order valence-electron chi connectivity index (χ4n) is 3.39. The number of likely N-dealkylation sites (tertiary alicyclic amines) is 1. The van der Waals surface area contributed by atoms with Crippen molar-refractivity contribution in [2.24, 2.45) is 0 Å². The molecule has 1 aromatic carbocycles. The first-order chi connectivity index (χ1) is 13.9. The van der Waals surface area contributed by atoms with Gasteiger partial charge in [-0.2, -0.15) is 13.2 Å². The highest BCUT2D eigenvalue weighted by atomic mass is 19.4. The van der Waals surface area contributed by atoms with Gasteiger partial charge in [-0.15, -0.1) is 0 Å². The van der Waals surface area contributed by atoms with Crippen LogP contribution in [0.4, 0.5) is 18.9 Å². The van der Waals surface area contributed by atoms with Gasteiger partial charge in [-0.3, -0.25) is 9.69 Å². The fraction of sp³-hybridized carbons (Fsp3) is 0.429. The van der Waals surface area contributed by atoms with Crippen LogP contribution in [-0.2, 0) is 4.79 Å². The fourth-order valence-corrected chi connectivity index (χ4v) is 3.39. The van der Waals surface area contributed by atoms with Gasteiger partial charge in [0.15, 0.2) is 0 Å². The number of carbonyl (C=O) groups is 1. The van der Waals surface area contributed by atoms with Crippen LogP contribution >= 0.6 is 0 Å². The Morgan fingerprint density at radius 2 is 1.97 bits per heavy atom. The van der Waals surface area contributed by atoms with E-state index in [1.807, 2.05) is 35.2 Å². The van der Waals surface area contributed by atoms with Gasteiger partial charge in [0, 0.05) is 12.5 Å². The summed E-state index contributed by atoms with van der Waals surface area (Å²) >= 11 is 0. The monoisotopic (exact) mass is 407 g/mol. The lowest BCUT2D eigenvalue weighted by Crippen LogP contribution is -2.47. The first kappa shape index (κ1) is 21.1. The van der Waals surface area contributed by atoms with Crippen LogP contribution in [-0.4, -0.2) is 41.1 Å². The molecule has 156 valence electrons. The molecule has 1 aromatic heterocycles. The minimum absolute atomic E-state index is 0.000355. The van der Waals surface area contributed by atoms with Gasteiger partial charge in [-0.1, -0.05) is 24.6 Å². The SMILES string of the molecule is O=C(Nc1ccc(Oc2ccccc2)nc1)[C@@H]1CCCCN1CCCC(F)(F)F. The van der Waals surface area contributed by atoms with E-state index in [4.69, 9.17) is 4.74 Å². The van der Waals surface area contributed by atoms with Gasteiger partial charge >= 0.3 is 6.18 Å². The predicted molar refractivity (Wildman–Crippen MR) is 104 cm³/mol. The van der Waals surface area contributed by atoms with Crippen molar-refractivity contribution in [2.75, 3.05) is 18.4 Å². The number of anilines is 1. The Morgan fingerprint density at radius 3 is 2.66 bits per heavy atom. The smallest absolute Gasteiger partial charge is 0.389 e. The van der Waals surface area contributed by atoms with E-state index in [0.29, 0.717) is 30.3 Å². The average Bonchev–Trinajstić information content (AvgIpc) is 2.70. The zero-order valence-electron chi connectivity index (χ0n) is 16.0. The van der Waals surface area contributed by atoms with E-state index in [1.54, 1.807) is 12.1 Å². The number of nitrogens with zero attached hydrogens (tertiary/aromatic N) is 2. The third kappa shape index (κ3) is 6.74. The second kappa shape index (κ2) is 9.73. The highest BCUT2D eigenvalue weighted by Crippen LogP contribution is 2.25. The van der Waals surface area contributed by atoms with Gasteiger partial charge in [0.05, 0.1) is 17.9 Å². The van der Waals surface area contributed by atoms with Crippen LogP contribution in [0.3, 0.4) is 0 Å². The van der Waals surface area contributed by atoms with E-state index < -0.39 is 18.6 Å². The van der Waals surface area contributed by atoms with Crippen molar-refractivity contribution < 1.29 is 22.7 Å². The van der Waals surface area contributed by atoms with Crippen LogP contribution in [0.5, 0.6) is 11.6 Å². The van der Waals surface area contributed by atoms with Crippen LogP contribution in [0.15, 0.2) is 48.7 Å². The van der Waals surface area contributed by atoms with Gasteiger partial charge in [0.25, 0.3) is 0 Å². The van der Waals surface area contributed by atoms with E-state index in [9.17, 15) is 18.0 Å². The number of piperidine rings is 1. The van der Waals surface area contributed by atoms with Crippen LogP contribution in [0, 0.1) is 0 Å². The Hall–Kier alpha value is -2.61. The lowest BCUT2D eigenvalue weighted by atomic mass is 10.0. The van der Waals surface area contributed by atoms with E-state index in [-0.39, 0.29) is 18.9 Å². The molecule has 8 heteroatoms. The molecule has 0 unspecified atom stereocenters. The minimum atomic E-state index is -4.16. The second-order valence-corrected chi connectivity index (χ2v) is 7.06. The molecule has 1 saturated heterocycles. The quantitative estimate of drug-likeness (QED) is 0.701. The van der Waals surface area contributed by atoms with Gasteiger partial charge in [-0.05, 0) is 50.6 Å². The van der Waals surface area contributed by atoms with Crippen molar-refractivity contribution in [1.82, 2.24) is 9.88 Å². The second-order valence-electron chi connectivity index (χ2n) is 7.06. The molecule has 3 rings (SSSR count). The molecule has 0 bridgehead atoms. The number of carbonyl (C=O) groups excluding carboxylic acids is 1. The normalized spacial score (nSPS) is 17.7. The molecule has 2 aromatic rings. The zero-order valence-corrected chi connectivity index (χ0v) is 16.0. The molecular weight excluding hydrogens is 383 g/mol. The highest BCUT2D eigenvalue weighted by molar-refractivity contribution is 5.94. The van der Waals surface area contributed by atoms with Crippen molar-refractivity contribution in [3.8, 4) is 11.6 Å². The van der Waals surface area contributed by atoms with E-state index >= 15 is 0 Å². The summed E-state index contributed by atoms with van der Waals surface area (Å²) in [4.78, 5) is 18.7. The Labute approximate surface area is 167 Å². The Kier molecular flexibility index (Phi) is 7.09. The molecule has 0 radical (unpaired) electrons. The standard InChI is InChI=1S/C21H24F3N3O2/c22-21(23,24)12-6-14-27-13-5-4-9-18(27)20(28)26-16-10-11-19(25-15-16)29-17-7-2-1-3-8-17/h1-3,7-8,10-11,15,18H,4-6,9,12-14H2,(H,26,28)/t18-/m0/s1. The first-order valence-corrected chi connectivity index (χ1v) is 9.71. The number of nitrogens with one attached hydrogen (secondary N) is 1. The lowest BCUT2D eigenvalue weighted by molar-refractivity contribution is -0.137. The number of pyridine rings is 1. The summed E-state index contributed by atoms with van der Waals surface area (Å²) in [6.07, 6.45) is -1.07. The van der Waals surface area contributed by atoms with Crippen LogP contribution in [0.2, 0.25) is 0 Å². The topological polar surface area (TPSA) is 54.5 Å². The predicted octanol–water partition coefficient (Wildman–Crippen LogP) is 5.01. The summed E-state index contributed by atoms with van der Waals surface area (Å²) in [5, 5.41) is 2.82. The Morgan fingerprint density at radius 1 is 1.17 bits per heavy atom. The summed E-state index contributed by atoms with van der Waals surface area (Å²) in [5.41, 5.74) is 0.524. The van der Waals surface area contributed by atoms with Crippen molar-refractivity contribution >= 4 is 11.6 Å². The number of para-hydroxylation sites is 1. The minimum Gasteiger partial charge on any atom is -0.439 e. The first-order valence-electron chi connectivity index (χ1n) is 9.71. The van der Waals surface area contributed by atoms with Gasteiger partial charge in [0.1, 0.15) is 5.75 Å². The van der Waals surface area contributed by atoms with Crippen LogP contribution in [0.1, 0.15) is 32.1 Å². The summed E-state index contributed by atoms with van der Waals surface area (Å²) in [6.45, 7) is 0.901. The van der Waals surface area contributed by atoms with E-state index in [2.05, 4.69) is 10.3 Å². The molecule has 1 atom stereocenters. The average molecular weight is 407 g/mol. The van der Waals surface area contributed by atoms with Crippen LogP contribution in [0.25, 0.3) is 0 Å². The maximum Gasteiger partial charge on any atom is 0.389 e.